The molecule has 0 radical (unpaired) electrons. The molecule has 4 heteroatoms. The maximum absolute atomic E-state index is 10.6. The second kappa shape index (κ2) is 3.95. The van der Waals surface area contributed by atoms with E-state index in [1.54, 1.807) is 11.8 Å². The second-order valence-electron chi connectivity index (χ2n) is 3.29. The van der Waals surface area contributed by atoms with Crippen LogP contribution in [0.15, 0.2) is 33.6 Å². The van der Waals surface area contributed by atoms with Crippen LogP contribution in [-0.2, 0) is 4.79 Å². The van der Waals surface area contributed by atoms with Gasteiger partial charge in [-0.1, -0.05) is 15.9 Å². The number of rotatable bonds is 3. The van der Waals surface area contributed by atoms with Gasteiger partial charge in [0.05, 0.1) is 5.92 Å². The van der Waals surface area contributed by atoms with Crippen LogP contribution >= 0.6 is 27.7 Å². The Kier molecular flexibility index (Phi) is 2.83. The van der Waals surface area contributed by atoms with Crippen molar-refractivity contribution < 1.29 is 9.90 Å². The van der Waals surface area contributed by atoms with Gasteiger partial charge in [-0.3, -0.25) is 4.79 Å². The molecule has 2 nitrogen and oxygen atoms in total. The lowest BCUT2D eigenvalue weighted by Crippen LogP contribution is -1.99. The number of benzene rings is 1. The van der Waals surface area contributed by atoms with Crippen LogP contribution in [0.1, 0.15) is 6.42 Å². The summed E-state index contributed by atoms with van der Waals surface area (Å²) in [5.74, 6) is -0.803. The molecule has 0 saturated heterocycles. The average Bonchev–Trinajstić information content (AvgIpc) is 2.88. The summed E-state index contributed by atoms with van der Waals surface area (Å²) in [6, 6.07) is 7.96. The Balaban J connectivity index is 1.94. The minimum Gasteiger partial charge on any atom is -0.481 e. The third kappa shape index (κ3) is 2.30. The highest BCUT2D eigenvalue weighted by Crippen LogP contribution is 2.45. The van der Waals surface area contributed by atoms with E-state index in [-0.39, 0.29) is 11.2 Å². The highest BCUT2D eigenvalue weighted by atomic mass is 79.9. The molecule has 0 spiro atoms. The number of carbonyl (C=O) groups is 1. The first-order chi connectivity index (χ1) is 6.66. The van der Waals surface area contributed by atoms with E-state index in [2.05, 4.69) is 15.9 Å². The standard InChI is InChI=1S/C10H9BrO2S/c11-6-1-3-7(4-2-6)14-9-5-8(9)10(12)13/h1-4,8-9H,5H2,(H,12,13). The van der Waals surface area contributed by atoms with Gasteiger partial charge >= 0.3 is 5.97 Å². The molecule has 0 aromatic heterocycles. The topological polar surface area (TPSA) is 37.3 Å². The monoisotopic (exact) mass is 272 g/mol. The summed E-state index contributed by atoms with van der Waals surface area (Å²) in [6.45, 7) is 0. The van der Waals surface area contributed by atoms with Crippen LogP contribution in [0.5, 0.6) is 0 Å². The normalized spacial score (nSPS) is 24.6. The van der Waals surface area contributed by atoms with Crippen molar-refractivity contribution in [1.82, 2.24) is 0 Å². The zero-order valence-electron chi connectivity index (χ0n) is 7.31. The zero-order valence-corrected chi connectivity index (χ0v) is 9.72. The van der Waals surface area contributed by atoms with Crippen LogP contribution in [-0.4, -0.2) is 16.3 Å². The Hall–Kier alpha value is -0.480. The molecule has 2 atom stereocenters. The Bertz CT molecular complexity index is 350. The third-order valence-corrected chi connectivity index (χ3v) is 4.05. The van der Waals surface area contributed by atoms with Gasteiger partial charge in [0.1, 0.15) is 0 Å². The molecule has 1 aromatic carbocycles. The zero-order chi connectivity index (χ0) is 10.1. The molecule has 0 bridgehead atoms. The van der Waals surface area contributed by atoms with Gasteiger partial charge < -0.3 is 5.11 Å². The summed E-state index contributed by atoms with van der Waals surface area (Å²) >= 11 is 5.01. The van der Waals surface area contributed by atoms with Gasteiger partial charge in [-0.2, -0.15) is 0 Å². The fourth-order valence-electron chi connectivity index (χ4n) is 1.25. The van der Waals surface area contributed by atoms with Crippen molar-refractivity contribution in [2.75, 3.05) is 0 Å². The van der Waals surface area contributed by atoms with E-state index in [1.807, 2.05) is 24.3 Å². The first-order valence-electron chi connectivity index (χ1n) is 4.32. The quantitative estimate of drug-likeness (QED) is 0.919. The van der Waals surface area contributed by atoms with Gasteiger partial charge in [0, 0.05) is 14.6 Å². The van der Waals surface area contributed by atoms with Gasteiger partial charge in [0.25, 0.3) is 0 Å². The number of hydrogen-bond acceptors (Lipinski definition) is 2. The van der Waals surface area contributed by atoms with Gasteiger partial charge in [-0.25, -0.2) is 0 Å². The summed E-state index contributed by atoms with van der Waals surface area (Å²) in [5.41, 5.74) is 0. The molecule has 74 valence electrons. The number of aliphatic carboxylic acids is 1. The van der Waals surface area contributed by atoms with Gasteiger partial charge in [0.15, 0.2) is 0 Å². The molecule has 1 N–H and O–H groups in total. The SMILES string of the molecule is O=C(O)C1CC1Sc1ccc(Br)cc1. The molecular formula is C10H9BrO2S. The van der Waals surface area contributed by atoms with Crippen molar-refractivity contribution >= 4 is 33.7 Å². The highest BCUT2D eigenvalue weighted by molar-refractivity contribution is 9.10. The lowest BCUT2D eigenvalue weighted by molar-refractivity contribution is -0.138. The minimum absolute atomic E-state index is 0.136. The molecule has 1 aliphatic carbocycles. The van der Waals surface area contributed by atoms with E-state index < -0.39 is 5.97 Å². The molecule has 1 aliphatic rings. The highest BCUT2D eigenvalue weighted by Gasteiger charge is 2.43. The third-order valence-electron chi connectivity index (χ3n) is 2.15. The Morgan fingerprint density at radius 1 is 1.43 bits per heavy atom. The predicted octanol–water partition coefficient (Wildman–Crippen LogP) is 3.01. The van der Waals surface area contributed by atoms with E-state index in [4.69, 9.17) is 5.11 Å². The predicted molar refractivity (Wildman–Crippen MR) is 59.5 cm³/mol. The van der Waals surface area contributed by atoms with Crippen molar-refractivity contribution in [3.05, 3.63) is 28.7 Å². The Morgan fingerprint density at radius 2 is 2.07 bits per heavy atom. The molecule has 0 aliphatic heterocycles. The molecular weight excluding hydrogens is 264 g/mol. The summed E-state index contributed by atoms with van der Waals surface area (Å²) < 4.78 is 1.05. The van der Waals surface area contributed by atoms with Crippen LogP contribution in [0.25, 0.3) is 0 Å². The largest absolute Gasteiger partial charge is 0.481 e. The maximum atomic E-state index is 10.6. The van der Waals surface area contributed by atoms with E-state index in [0.29, 0.717) is 0 Å². The fourth-order valence-corrected chi connectivity index (χ4v) is 2.74. The van der Waals surface area contributed by atoms with E-state index in [1.165, 1.54) is 0 Å². The van der Waals surface area contributed by atoms with Crippen LogP contribution in [0.2, 0.25) is 0 Å². The van der Waals surface area contributed by atoms with Crippen LogP contribution in [0.3, 0.4) is 0 Å². The van der Waals surface area contributed by atoms with Gasteiger partial charge in [-0.05, 0) is 30.7 Å². The first kappa shape index (κ1) is 10.1. The number of halogens is 1. The van der Waals surface area contributed by atoms with E-state index >= 15 is 0 Å². The van der Waals surface area contributed by atoms with Crippen LogP contribution in [0, 0.1) is 5.92 Å². The molecule has 14 heavy (non-hydrogen) atoms. The Morgan fingerprint density at radius 3 is 2.57 bits per heavy atom. The molecule has 2 rings (SSSR count). The number of thioether (sulfide) groups is 1. The number of hydrogen-bond donors (Lipinski definition) is 1. The average molecular weight is 273 g/mol. The number of carboxylic acid groups (broad SMARTS) is 1. The molecule has 1 saturated carbocycles. The lowest BCUT2D eigenvalue weighted by Gasteiger charge is -1.99. The van der Waals surface area contributed by atoms with Crippen molar-refractivity contribution in [1.29, 1.82) is 0 Å². The summed E-state index contributed by atoms with van der Waals surface area (Å²) in [7, 11) is 0. The molecule has 0 amide bonds. The molecule has 1 fully saturated rings. The van der Waals surface area contributed by atoms with Gasteiger partial charge in [-0.15, -0.1) is 11.8 Å². The smallest absolute Gasteiger partial charge is 0.307 e. The summed E-state index contributed by atoms with van der Waals surface area (Å²) in [6.07, 6.45) is 0.802. The van der Waals surface area contributed by atoms with Crippen molar-refractivity contribution in [3.8, 4) is 0 Å². The number of carboxylic acids is 1. The Labute approximate surface area is 94.8 Å². The first-order valence-corrected chi connectivity index (χ1v) is 5.99. The van der Waals surface area contributed by atoms with Crippen LogP contribution < -0.4 is 0 Å². The second-order valence-corrected chi connectivity index (χ2v) is 5.52. The summed E-state index contributed by atoms with van der Waals surface area (Å²) in [4.78, 5) is 11.7. The van der Waals surface area contributed by atoms with Crippen molar-refractivity contribution in [3.63, 3.8) is 0 Å². The summed E-state index contributed by atoms with van der Waals surface area (Å²) in [5, 5.41) is 9.00. The fraction of sp³-hybridized carbons (Fsp3) is 0.300. The molecule has 2 unspecified atom stereocenters. The van der Waals surface area contributed by atoms with Crippen molar-refractivity contribution in [2.24, 2.45) is 5.92 Å². The van der Waals surface area contributed by atoms with Crippen LogP contribution in [0.4, 0.5) is 0 Å². The minimum atomic E-state index is -0.667. The maximum Gasteiger partial charge on any atom is 0.307 e. The van der Waals surface area contributed by atoms with Crippen molar-refractivity contribution in [2.45, 2.75) is 16.6 Å². The van der Waals surface area contributed by atoms with Gasteiger partial charge in [0.2, 0.25) is 0 Å². The van der Waals surface area contributed by atoms with E-state index in [0.717, 1.165) is 15.8 Å². The van der Waals surface area contributed by atoms with E-state index in [9.17, 15) is 4.79 Å². The molecule has 1 aromatic rings. The lowest BCUT2D eigenvalue weighted by atomic mass is 10.4. The molecule has 0 heterocycles.